The van der Waals surface area contributed by atoms with Gasteiger partial charge in [-0.2, -0.15) is 0 Å². The molecule has 0 spiro atoms. The molecule has 0 saturated carbocycles. The number of phenolic OH excluding ortho intramolecular Hbond substituents is 1. The highest BCUT2D eigenvalue weighted by Gasteiger charge is 2.18. The Kier molecular flexibility index (Phi) is 4.65. The number of benzene rings is 1. The van der Waals surface area contributed by atoms with E-state index in [1.807, 2.05) is 0 Å². The van der Waals surface area contributed by atoms with Crippen molar-refractivity contribution in [3.8, 4) is 5.75 Å². The average molecular weight is 252 g/mol. The molecule has 0 aliphatic rings. The quantitative estimate of drug-likeness (QED) is 0.217. The first-order valence-electron chi connectivity index (χ1n) is 4.90. The predicted octanol–water partition coefficient (Wildman–Crippen LogP) is 3.15. The summed E-state index contributed by atoms with van der Waals surface area (Å²) < 4.78 is 13.2. The SMILES string of the molecule is [N-]=[N+]=NCCC=Cc1cc(F)c(O)c([N+](=O)[O-])c1. The number of rotatable bonds is 5. The lowest BCUT2D eigenvalue weighted by Gasteiger charge is -1.99. The summed E-state index contributed by atoms with van der Waals surface area (Å²) in [5.41, 5.74) is 7.59. The summed E-state index contributed by atoms with van der Waals surface area (Å²) in [5.74, 6) is -2.04. The van der Waals surface area contributed by atoms with E-state index in [9.17, 15) is 14.5 Å². The van der Waals surface area contributed by atoms with Crippen LogP contribution in [0.4, 0.5) is 10.1 Å². The first-order chi connectivity index (χ1) is 8.56. The number of aromatic hydroxyl groups is 1. The van der Waals surface area contributed by atoms with E-state index in [2.05, 4.69) is 10.0 Å². The fourth-order valence-electron chi connectivity index (χ4n) is 1.24. The molecule has 18 heavy (non-hydrogen) atoms. The van der Waals surface area contributed by atoms with Gasteiger partial charge in [-0.05, 0) is 23.6 Å². The third kappa shape index (κ3) is 3.46. The van der Waals surface area contributed by atoms with E-state index >= 15 is 0 Å². The van der Waals surface area contributed by atoms with Crippen LogP contribution in [0.25, 0.3) is 16.5 Å². The molecule has 0 bridgehead atoms. The van der Waals surface area contributed by atoms with E-state index in [-0.39, 0.29) is 12.1 Å². The van der Waals surface area contributed by atoms with Gasteiger partial charge in [-0.3, -0.25) is 10.1 Å². The minimum absolute atomic E-state index is 0.246. The van der Waals surface area contributed by atoms with Gasteiger partial charge in [-0.15, -0.1) is 0 Å². The van der Waals surface area contributed by atoms with Gasteiger partial charge < -0.3 is 5.11 Å². The van der Waals surface area contributed by atoms with E-state index in [1.54, 1.807) is 6.08 Å². The molecule has 0 aliphatic carbocycles. The number of nitrogens with zero attached hydrogens (tertiary/aromatic N) is 4. The normalized spacial score (nSPS) is 10.3. The molecule has 0 aromatic heterocycles. The van der Waals surface area contributed by atoms with Gasteiger partial charge in [0.2, 0.25) is 5.75 Å². The van der Waals surface area contributed by atoms with Crippen LogP contribution in [0.15, 0.2) is 23.3 Å². The van der Waals surface area contributed by atoms with E-state index in [4.69, 9.17) is 10.6 Å². The standard InChI is InChI=1S/C10H9FN4O3/c11-8-5-7(3-1-2-4-13-14-12)6-9(10(8)16)15(17)18/h1,3,5-6,16H,2,4H2. The first-order valence-corrected chi connectivity index (χ1v) is 4.90. The molecule has 1 aromatic rings. The number of nitro groups is 1. The average Bonchev–Trinajstić information content (AvgIpc) is 2.32. The molecule has 0 heterocycles. The van der Waals surface area contributed by atoms with E-state index in [0.717, 1.165) is 12.1 Å². The summed E-state index contributed by atoms with van der Waals surface area (Å²) in [4.78, 5) is 12.2. The van der Waals surface area contributed by atoms with Gasteiger partial charge in [-0.1, -0.05) is 17.3 Å². The number of azide groups is 1. The van der Waals surface area contributed by atoms with Crippen molar-refractivity contribution < 1.29 is 14.4 Å². The number of phenols is 1. The van der Waals surface area contributed by atoms with Crippen molar-refractivity contribution in [1.82, 2.24) is 0 Å². The van der Waals surface area contributed by atoms with Gasteiger partial charge in [0.15, 0.2) is 5.82 Å². The number of halogens is 1. The van der Waals surface area contributed by atoms with Gasteiger partial charge in [0.1, 0.15) is 0 Å². The second-order valence-electron chi connectivity index (χ2n) is 3.27. The molecule has 0 atom stereocenters. The minimum Gasteiger partial charge on any atom is -0.500 e. The van der Waals surface area contributed by atoms with Crippen LogP contribution in [0.5, 0.6) is 5.75 Å². The number of hydrogen-bond donors (Lipinski definition) is 1. The second-order valence-corrected chi connectivity index (χ2v) is 3.27. The summed E-state index contributed by atoms with van der Waals surface area (Å²) in [6.45, 7) is 0.246. The van der Waals surface area contributed by atoms with Crippen LogP contribution in [-0.4, -0.2) is 16.6 Å². The van der Waals surface area contributed by atoms with Gasteiger partial charge in [0, 0.05) is 17.5 Å². The minimum atomic E-state index is -1.06. The van der Waals surface area contributed by atoms with Gasteiger partial charge in [-0.25, -0.2) is 4.39 Å². The predicted molar refractivity (Wildman–Crippen MR) is 62.4 cm³/mol. The third-order valence-corrected chi connectivity index (χ3v) is 2.03. The molecule has 0 saturated heterocycles. The maximum atomic E-state index is 13.2. The molecule has 94 valence electrons. The van der Waals surface area contributed by atoms with Crippen molar-refractivity contribution >= 4 is 11.8 Å². The Bertz CT molecular complexity index is 538. The summed E-state index contributed by atoms with van der Waals surface area (Å²) in [5, 5.41) is 23.0. The van der Waals surface area contributed by atoms with Crippen molar-refractivity contribution in [2.45, 2.75) is 6.42 Å². The summed E-state index contributed by atoms with van der Waals surface area (Å²) in [6, 6.07) is 2.04. The summed E-state index contributed by atoms with van der Waals surface area (Å²) in [7, 11) is 0. The Balaban J connectivity index is 2.90. The maximum Gasteiger partial charge on any atom is 0.314 e. The molecule has 1 aromatic carbocycles. The lowest BCUT2D eigenvalue weighted by atomic mass is 10.1. The van der Waals surface area contributed by atoms with Gasteiger partial charge >= 0.3 is 5.69 Å². The van der Waals surface area contributed by atoms with E-state index in [1.165, 1.54) is 6.08 Å². The first kappa shape index (κ1) is 13.5. The van der Waals surface area contributed by atoms with Crippen LogP contribution in [0.3, 0.4) is 0 Å². The molecule has 0 fully saturated rings. The highest BCUT2D eigenvalue weighted by atomic mass is 19.1. The molecule has 7 nitrogen and oxygen atoms in total. The Morgan fingerprint density at radius 2 is 2.33 bits per heavy atom. The Morgan fingerprint density at radius 1 is 1.61 bits per heavy atom. The molecule has 0 aliphatic heterocycles. The maximum absolute atomic E-state index is 13.2. The second kappa shape index (κ2) is 6.21. The Labute approximate surface area is 101 Å². The van der Waals surface area contributed by atoms with Gasteiger partial charge in [0.05, 0.1) is 4.92 Å². The van der Waals surface area contributed by atoms with Crippen LogP contribution in [0.1, 0.15) is 12.0 Å². The van der Waals surface area contributed by atoms with Crippen molar-refractivity contribution in [2.24, 2.45) is 5.11 Å². The lowest BCUT2D eigenvalue weighted by molar-refractivity contribution is -0.386. The smallest absolute Gasteiger partial charge is 0.314 e. The van der Waals surface area contributed by atoms with Gasteiger partial charge in [0.25, 0.3) is 0 Å². The largest absolute Gasteiger partial charge is 0.500 e. The topological polar surface area (TPSA) is 112 Å². The Morgan fingerprint density at radius 3 is 2.94 bits per heavy atom. The molecule has 0 radical (unpaired) electrons. The molecule has 0 amide bonds. The number of hydrogen-bond acceptors (Lipinski definition) is 4. The van der Waals surface area contributed by atoms with Crippen molar-refractivity contribution in [2.75, 3.05) is 6.54 Å². The fraction of sp³-hybridized carbons (Fsp3) is 0.200. The van der Waals surface area contributed by atoms with Crippen LogP contribution in [0.2, 0.25) is 0 Å². The zero-order valence-electron chi connectivity index (χ0n) is 9.15. The fourth-order valence-corrected chi connectivity index (χ4v) is 1.24. The molecule has 1 N–H and O–H groups in total. The van der Waals surface area contributed by atoms with E-state index < -0.39 is 22.2 Å². The van der Waals surface area contributed by atoms with Crippen LogP contribution >= 0.6 is 0 Å². The van der Waals surface area contributed by atoms with Crippen LogP contribution < -0.4 is 0 Å². The van der Waals surface area contributed by atoms with Crippen molar-refractivity contribution in [3.05, 3.63) is 50.1 Å². The van der Waals surface area contributed by atoms with Crippen molar-refractivity contribution in [3.63, 3.8) is 0 Å². The van der Waals surface area contributed by atoms with E-state index in [0.29, 0.717) is 6.42 Å². The van der Waals surface area contributed by atoms with Crippen LogP contribution in [0, 0.1) is 15.9 Å². The molecular formula is C10H9FN4O3. The van der Waals surface area contributed by atoms with Crippen molar-refractivity contribution in [1.29, 1.82) is 0 Å². The molecule has 8 heteroatoms. The Hall–Kier alpha value is -2.60. The number of nitro benzene ring substituents is 1. The third-order valence-electron chi connectivity index (χ3n) is 2.03. The zero-order chi connectivity index (χ0) is 13.5. The highest BCUT2D eigenvalue weighted by molar-refractivity contribution is 5.58. The zero-order valence-corrected chi connectivity index (χ0v) is 9.15. The molecular weight excluding hydrogens is 243 g/mol. The monoisotopic (exact) mass is 252 g/mol. The molecule has 0 unspecified atom stereocenters. The summed E-state index contributed by atoms with van der Waals surface area (Å²) >= 11 is 0. The molecule has 1 rings (SSSR count). The lowest BCUT2D eigenvalue weighted by Crippen LogP contribution is -1.92. The van der Waals surface area contributed by atoms with Crippen LogP contribution in [-0.2, 0) is 0 Å². The summed E-state index contributed by atoms with van der Waals surface area (Å²) in [6.07, 6.45) is 3.47. The highest BCUT2D eigenvalue weighted by Crippen LogP contribution is 2.30.